The van der Waals surface area contributed by atoms with Crippen molar-refractivity contribution >= 4 is 50.9 Å². The quantitative estimate of drug-likeness (QED) is 0.534. The number of nitrogens with zero attached hydrogens (tertiary/aromatic N) is 1. The Labute approximate surface area is 196 Å². The number of benzene rings is 2. The summed E-state index contributed by atoms with van der Waals surface area (Å²) in [6.07, 6.45) is 0.916. The highest BCUT2D eigenvalue weighted by Crippen LogP contribution is 2.25. The second-order valence-corrected chi connectivity index (χ2v) is 11.1. The van der Waals surface area contributed by atoms with E-state index in [2.05, 4.69) is 5.32 Å². The third-order valence-electron chi connectivity index (χ3n) is 5.09. The van der Waals surface area contributed by atoms with Crippen LogP contribution in [0.5, 0.6) is 0 Å². The zero-order valence-electron chi connectivity index (χ0n) is 16.7. The highest BCUT2D eigenvalue weighted by molar-refractivity contribution is 7.98. The van der Waals surface area contributed by atoms with Crippen LogP contribution in [-0.4, -0.2) is 44.0 Å². The summed E-state index contributed by atoms with van der Waals surface area (Å²) in [5.74, 6) is 0.719. The lowest BCUT2D eigenvalue weighted by Gasteiger charge is -2.30. The highest BCUT2D eigenvalue weighted by atomic mass is 35.5. The molecule has 0 unspecified atom stereocenters. The van der Waals surface area contributed by atoms with Crippen LogP contribution in [0.15, 0.2) is 47.4 Å². The molecule has 2 aromatic carbocycles. The molecule has 31 heavy (non-hydrogen) atoms. The summed E-state index contributed by atoms with van der Waals surface area (Å²) in [6.45, 7) is 1.06. The smallest absolute Gasteiger partial charge is 0.243 e. The highest BCUT2D eigenvalue weighted by Gasteiger charge is 2.31. The number of nitrogens with one attached hydrogen (secondary N) is 1. The van der Waals surface area contributed by atoms with Gasteiger partial charge in [0.05, 0.1) is 4.90 Å². The predicted octanol–water partition coefficient (Wildman–Crippen LogP) is 4.58. The predicted molar refractivity (Wildman–Crippen MR) is 124 cm³/mol. The van der Waals surface area contributed by atoms with Gasteiger partial charge < -0.3 is 5.32 Å². The Hall–Kier alpha value is -1.32. The van der Waals surface area contributed by atoms with Crippen LogP contribution in [-0.2, 0) is 20.6 Å². The first-order chi connectivity index (χ1) is 14.8. The average molecular weight is 505 g/mol. The van der Waals surface area contributed by atoms with Gasteiger partial charge in [0.25, 0.3) is 0 Å². The van der Waals surface area contributed by atoms with E-state index in [4.69, 9.17) is 23.2 Å². The van der Waals surface area contributed by atoms with Gasteiger partial charge in [-0.25, -0.2) is 12.8 Å². The van der Waals surface area contributed by atoms with E-state index in [9.17, 15) is 17.6 Å². The second-order valence-electron chi connectivity index (χ2n) is 7.21. The molecule has 0 saturated carbocycles. The van der Waals surface area contributed by atoms with Crippen LogP contribution in [0, 0.1) is 11.7 Å². The van der Waals surface area contributed by atoms with Gasteiger partial charge >= 0.3 is 0 Å². The van der Waals surface area contributed by atoms with Gasteiger partial charge in [-0.3, -0.25) is 4.79 Å². The molecule has 2 aromatic rings. The summed E-state index contributed by atoms with van der Waals surface area (Å²) in [5, 5.41) is 4.16. The van der Waals surface area contributed by atoms with E-state index in [-0.39, 0.29) is 29.8 Å². The number of rotatable bonds is 8. The first-order valence-electron chi connectivity index (χ1n) is 9.82. The Morgan fingerprint density at radius 2 is 1.81 bits per heavy atom. The molecule has 10 heteroatoms. The number of piperidine rings is 1. The van der Waals surface area contributed by atoms with Gasteiger partial charge in [-0.1, -0.05) is 29.3 Å². The lowest BCUT2D eigenvalue weighted by Crippen LogP contribution is -2.43. The lowest BCUT2D eigenvalue weighted by atomic mass is 9.97. The summed E-state index contributed by atoms with van der Waals surface area (Å²) in [6, 6.07) is 10.2. The minimum atomic E-state index is -3.67. The molecule has 0 radical (unpaired) electrons. The molecule has 1 aliphatic heterocycles. The largest absolute Gasteiger partial charge is 0.355 e. The van der Waals surface area contributed by atoms with Crippen molar-refractivity contribution in [2.24, 2.45) is 5.92 Å². The zero-order valence-corrected chi connectivity index (χ0v) is 19.8. The fraction of sp³-hybridized carbons (Fsp3) is 0.381. The van der Waals surface area contributed by atoms with Crippen molar-refractivity contribution in [2.75, 3.05) is 25.4 Å². The van der Waals surface area contributed by atoms with Crippen LogP contribution in [0.1, 0.15) is 18.4 Å². The molecular weight excluding hydrogens is 482 g/mol. The summed E-state index contributed by atoms with van der Waals surface area (Å²) in [7, 11) is -3.67. The summed E-state index contributed by atoms with van der Waals surface area (Å²) < 4.78 is 39.7. The number of halogens is 3. The fourth-order valence-corrected chi connectivity index (χ4v) is 6.21. The number of hydrogen-bond acceptors (Lipinski definition) is 4. The standard InChI is InChI=1S/C21H23Cl2FN2O3S2/c22-17-2-1-16(20(23)13-17)14-30-12-9-25-21(27)15-7-10-26(11-8-15)31(28,29)19-5-3-18(24)4-6-19/h1-6,13,15H,7-12,14H2,(H,25,27). The van der Waals surface area contributed by atoms with E-state index in [0.29, 0.717) is 29.4 Å². The summed E-state index contributed by atoms with van der Waals surface area (Å²) in [5.41, 5.74) is 0.997. The molecule has 1 saturated heterocycles. The zero-order chi connectivity index (χ0) is 22.4. The Morgan fingerprint density at radius 1 is 1.13 bits per heavy atom. The minimum Gasteiger partial charge on any atom is -0.355 e. The van der Waals surface area contributed by atoms with Crippen LogP contribution >= 0.6 is 35.0 Å². The van der Waals surface area contributed by atoms with E-state index in [1.807, 2.05) is 6.07 Å². The summed E-state index contributed by atoms with van der Waals surface area (Å²) >= 11 is 13.7. The molecule has 0 aromatic heterocycles. The van der Waals surface area contributed by atoms with Crippen molar-refractivity contribution in [1.82, 2.24) is 9.62 Å². The molecule has 0 aliphatic carbocycles. The van der Waals surface area contributed by atoms with Crippen molar-refractivity contribution in [2.45, 2.75) is 23.5 Å². The van der Waals surface area contributed by atoms with E-state index in [1.165, 1.54) is 16.4 Å². The molecule has 0 bridgehead atoms. The number of hydrogen-bond donors (Lipinski definition) is 1. The first-order valence-corrected chi connectivity index (χ1v) is 13.2. The molecular formula is C21H23Cl2FN2O3S2. The van der Waals surface area contributed by atoms with E-state index >= 15 is 0 Å². The third-order valence-corrected chi connectivity index (χ3v) is 8.60. The van der Waals surface area contributed by atoms with E-state index in [0.717, 1.165) is 29.2 Å². The molecule has 1 aliphatic rings. The maximum atomic E-state index is 13.1. The average Bonchev–Trinajstić information content (AvgIpc) is 2.75. The molecule has 1 amide bonds. The number of carbonyl (C=O) groups is 1. The van der Waals surface area contributed by atoms with Gasteiger partial charge in [0.1, 0.15) is 5.82 Å². The second kappa shape index (κ2) is 11.0. The maximum absolute atomic E-state index is 13.1. The van der Waals surface area contributed by atoms with Gasteiger partial charge in [0.2, 0.25) is 15.9 Å². The van der Waals surface area contributed by atoms with Crippen molar-refractivity contribution in [3.63, 3.8) is 0 Å². The normalized spacial score (nSPS) is 15.7. The van der Waals surface area contributed by atoms with Crippen LogP contribution in [0.4, 0.5) is 4.39 Å². The number of sulfonamides is 1. The van der Waals surface area contributed by atoms with Crippen LogP contribution in [0.3, 0.4) is 0 Å². The number of carbonyl (C=O) groups excluding carboxylic acids is 1. The number of amides is 1. The molecule has 3 rings (SSSR count). The Balaban J connectivity index is 1.39. The third kappa shape index (κ3) is 6.58. The molecule has 1 N–H and O–H groups in total. The van der Waals surface area contributed by atoms with Crippen LogP contribution in [0.25, 0.3) is 0 Å². The van der Waals surface area contributed by atoms with Crippen LogP contribution < -0.4 is 5.32 Å². The molecule has 1 fully saturated rings. The first kappa shape index (κ1) is 24.3. The van der Waals surface area contributed by atoms with Gasteiger partial charge in [-0.05, 0) is 54.8 Å². The van der Waals surface area contributed by atoms with E-state index in [1.54, 1.807) is 23.9 Å². The van der Waals surface area contributed by atoms with Crippen molar-refractivity contribution in [3.8, 4) is 0 Å². The van der Waals surface area contributed by atoms with Crippen molar-refractivity contribution in [1.29, 1.82) is 0 Å². The summed E-state index contributed by atoms with van der Waals surface area (Å²) in [4.78, 5) is 12.5. The molecule has 5 nitrogen and oxygen atoms in total. The molecule has 0 spiro atoms. The minimum absolute atomic E-state index is 0.0519. The maximum Gasteiger partial charge on any atom is 0.243 e. The van der Waals surface area contributed by atoms with Crippen molar-refractivity contribution < 1.29 is 17.6 Å². The Bertz CT molecular complexity index is 1010. The number of thioether (sulfide) groups is 1. The monoisotopic (exact) mass is 504 g/mol. The lowest BCUT2D eigenvalue weighted by molar-refractivity contribution is -0.125. The van der Waals surface area contributed by atoms with E-state index < -0.39 is 15.8 Å². The topological polar surface area (TPSA) is 66.5 Å². The SMILES string of the molecule is O=C(NCCSCc1ccc(Cl)cc1Cl)C1CCN(S(=O)(=O)c2ccc(F)cc2)CC1. The van der Waals surface area contributed by atoms with Gasteiger partial charge in [0, 0.05) is 47.1 Å². The van der Waals surface area contributed by atoms with Crippen LogP contribution in [0.2, 0.25) is 10.0 Å². The molecule has 1 heterocycles. The Kier molecular flexibility index (Phi) is 8.64. The fourth-order valence-electron chi connectivity index (χ4n) is 3.33. The Morgan fingerprint density at radius 3 is 2.45 bits per heavy atom. The van der Waals surface area contributed by atoms with Crippen molar-refractivity contribution in [3.05, 3.63) is 63.9 Å². The molecule has 168 valence electrons. The van der Waals surface area contributed by atoms with Gasteiger partial charge in [-0.2, -0.15) is 16.1 Å². The van der Waals surface area contributed by atoms with Gasteiger partial charge in [-0.15, -0.1) is 0 Å². The van der Waals surface area contributed by atoms with Gasteiger partial charge in [0.15, 0.2) is 0 Å². The molecule has 0 atom stereocenters.